The van der Waals surface area contributed by atoms with E-state index in [1.165, 1.54) is 5.69 Å². The molecule has 0 amide bonds. The third kappa shape index (κ3) is 3.94. The number of quaternary nitrogens is 1. The Kier molecular flexibility index (Phi) is 5.33. The van der Waals surface area contributed by atoms with Gasteiger partial charge in [-0.3, -0.25) is 0 Å². The molecule has 0 aliphatic carbocycles. The molecule has 3 heteroatoms. The largest absolute Gasteiger partial charge is 0.382 e. The van der Waals surface area contributed by atoms with Gasteiger partial charge in [0.15, 0.2) is 0 Å². The Hall–Kier alpha value is -0.800. The van der Waals surface area contributed by atoms with Gasteiger partial charge >= 0.3 is 0 Å². The van der Waals surface area contributed by atoms with Crippen LogP contribution >= 0.6 is 0 Å². The van der Waals surface area contributed by atoms with Gasteiger partial charge in [0.2, 0.25) is 0 Å². The number of rotatable bonds is 7. The molecule has 0 aliphatic rings. The molecule has 0 fully saturated rings. The van der Waals surface area contributed by atoms with Gasteiger partial charge in [-0.25, -0.2) is 0 Å². The van der Waals surface area contributed by atoms with Crippen LogP contribution in [-0.2, 0) is 18.3 Å². The molecule has 0 saturated carbocycles. The molecule has 14 heavy (non-hydrogen) atoms. The Morgan fingerprint density at radius 1 is 1.50 bits per heavy atom. The van der Waals surface area contributed by atoms with Gasteiger partial charge < -0.3 is 14.6 Å². The Morgan fingerprint density at radius 2 is 2.36 bits per heavy atom. The summed E-state index contributed by atoms with van der Waals surface area (Å²) >= 11 is 0. The van der Waals surface area contributed by atoms with E-state index in [4.69, 9.17) is 4.74 Å². The van der Waals surface area contributed by atoms with Crippen molar-refractivity contribution in [1.82, 2.24) is 4.57 Å². The summed E-state index contributed by atoms with van der Waals surface area (Å²) in [5.41, 5.74) is 1.38. The number of ether oxygens (including phenoxy) is 1. The van der Waals surface area contributed by atoms with Crippen molar-refractivity contribution in [2.24, 2.45) is 7.05 Å². The lowest BCUT2D eigenvalue weighted by molar-refractivity contribution is -0.671. The van der Waals surface area contributed by atoms with Crippen molar-refractivity contribution in [3.63, 3.8) is 0 Å². The van der Waals surface area contributed by atoms with Gasteiger partial charge in [0.25, 0.3) is 0 Å². The smallest absolute Gasteiger partial charge is 0.116 e. The second kappa shape index (κ2) is 6.62. The second-order valence-corrected chi connectivity index (χ2v) is 3.44. The van der Waals surface area contributed by atoms with Crippen LogP contribution in [0.25, 0.3) is 0 Å². The van der Waals surface area contributed by atoms with Gasteiger partial charge in [0.05, 0.1) is 18.8 Å². The van der Waals surface area contributed by atoms with Crippen molar-refractivity contribution in [2.75, 3.05) is 19.8 Å². The minimum absolute atomic E-state index is 0.831. The van der Waals surface area contributed by atoms with Crippen molar-refractivity contribution in [3.8, 4) is 0 Å². The highest BCUT2D eigenvalue weighted by atomic mass is 16.5. The molecule has 0 bridgehead atoms. The van der Waals surface area contributed by atoms with Crippen LogP contribution in [0.5, 0.6) is 0 Å². The van der Waals surface area contributed by atoms with Crippen molar-refractivity contribution in [3.05, 3.63) is 24.0 Å². The molecule has 2 N–H and O–H groups in total. The Bertz CT molecular complexity index is 245. The molecule has 1 heterocycles. The van der Waals surface area contributed by atoms with Crippen LogP contribution in [0.1, 0.15) is 19.0 Å². The summed E-state index contributed by atoms with van der Waals surface area (Å²) in [6, 6.07) is 4.25. The maximum Gasteiger partial charge on any atom is 0.116 e. The average molecular weight is 197 g/mol. The number of nitrogens with two attached hydrogens (primary N) is 1. The number of aromatic nitrogens is 1. The quantitative estimate of drug-likeness (QED) is 0.635. The summed E-state index contributed by atoms with van der Waals surface area (Å²) in [4.78, 5) is 0. The Labute approximate surface area is 86.1 Å². The average Bonchev–Trinajstić information content (AvgIpc) is 2.58. The second-order valence-electron chi connectivity index (χ2n) is 3.44. The van der Waals surface area contributed by atoms with Crippen LogP contribution in [0.15, 0.2) is 18.3 Å². The molecule has 1 aromatic heterocycles. The molecule has 3 nitrogen and oxygen atoms in total. The summed E-state index contributed by atoms with van der Waals surface area (Å²) in [5.74, 6) is 0. The molecule has 1 aromatic rings. The van der Waals surface area contributed by atoms with Crippen LogP contribution in [0.3, 0.4) is 0 Å². The molecule has 0 aromatic carbocycles. The van der Waals surface area contributed by atoms with E-state index >= 15 is 0 Å². The van der Waals surface area contributed by atoms with Gasteiger partial charge in [-0.2, -0.15) is 0 Å². The van der Waals surface area contributed by atoms with Gasteiger partial charge in [0.1, 0.15) is 6.54 Å². The van der Waals surface area contributed by atoms with E-state index in [-0.39, 0.29) is 0 Å². The van der Waals surface area contributed by atoms with Crippen LogP contribution < -0.4 is 5.32 Å². The van der Waals surface area contributed by atoms with Gasteiger partial charge in [0, 0.05) is 26.3 Å². The SMILES string of the molecule is CCOCCC[NH2+]Cc1cccn1C. The first-order valence-electron chi connectivity index (χ1n) is 5.34. The standard InChI is InChI=1S/C11H20N2O/c1-3-14-9-5-7-12-10-11-6-4-8-13(11)2/h4,6,8,12H,3,5,7,9-10H2,1-2H3/p+1. The molecule has 0 unspecified atom stereocenters. The van der Waals surface area contributed by atoms with Crippen molar-refractivity contribution < 1.29 is 10.1 Å². The first-order chi connectivity index (χ1) is 6.84. The van der Waals surface area contributed by atoms with E-state index in [9.17, 15) is 0 Å². The number of hydrogen-bond donors (Lipinski definition) is 1. The molecule has 0 atom stereocenters. The fraction of sp³-hybridized carbons (Fsp3) is 0.636. The zero-order chi connectivity index (χ0) is 10.2. The first-order valence-corrected chi connectivity index (χ1v) is 5.34. The predicted octanol–water partition coefficient (Wildman–Crippen LogP) is 0.515. The van der Waals surface area contributed by atoms with Crippen molar-refractivity contribution >= 4 is 0 Å². The third-order valence-corrected chi connectivity index (χ3v) is 2.31. The molecule has 0 spiro atoms. The van der Waals surface area contributed by atoms with E-state index < -0.39 is 0 Å². The van der Waals surface area contributed by atoms with Crippen LogP contribution in [0.4, 0.5) is 0 Å². The van der Waals surface area contributed by atoms with Crippen molar-refractivity contribution in [1.29, 1.82) is 0 Å². The van der Waals surface area contributed by atoms with Crippen LogP contribution in [-0.4, -0.2) is 24.3 Å². The predicted molar refractivity (Wildman–Crippen MR) is 57.0 cm³/mol. The molecule has 1 rings (SSSR count). The van der Waals surface area contributed by atoms with Crippen LogP contribution in [0, 0.1) is 0 Å². The summed E-state index contributed by atoms with van der Waals surface area (Å²) in [5, 5.41) is 2.33. The summed E-state index contributed by atoms with van der Waals surface area (Å²) in [6.45, 7) is 5.96. The molecule has 0 radical (unpaired) electrons. The molecular formula is C11H21N2O+. The van der Waals surface area contributed by atoms with E-state index in [1.54, 1.807) is 0 Å². The fourth-order valence-corrected chi connectivity index (χ4v) is 1.43. The van der Waals surface area contributed by atoms with E-state index in [2.05, 4.69) is 35.3 Å². The number of aryl methyl sites for hydroxylation is 1. The number of hydrogen-bond acceptors (Lipinski definition) is 1. The molecule has 0 saturated heterocycles. The lowest BCUT2D eigenvalue weighted by atomic mass is 10.4. The van der Waals surface area contributed by atoms with E-state index in [0.717, 1.165) is 32.7 Å². The minimum Gasteiger partial charge on any atom is -0.382 e. The van der Waals surface area contributed by atoms with Crippen molar-refractivity contribution in [2.45, 2.75) is 19.9 Å². The van der Waals surface area contributed by atoms with E-state index in [0.29, 0.717) is 0 Å². The fourth-order valence-electron chi connectivity index (χ4n) is 1.43. The molecular weight excluding hydrogens is 176 g/mol. The maximum atomic E-state index is 5.27. The summed E-state index contributed by atoms with van der Waals surface area (Å²) in [7, 11) is 2.09. The first kappa shape index (κ1) is 11.3. The molecule has 0 aliphatic heterocycles. The lowest BCUT2D eigenvalue weighted by Crippen LogP contribution is -2.82. The summed E-state index contributed by atoms with van der Waals surface area (Å²) in [6.07, 6.45) is 3.22. The zero-order valence-corrected chi connectivity index (χ0v) is 9.20. The Morgan fingerprint density at radius 3 is 3.00 bits per heavy atom. The van der Waals surface area contributed by atoms with Crippen LogP contribution in [0.2, 0.25) is 0 Å². The highest BCUT2D eigenvalue weighted by Gasteiger charge is 1.98. The number of nitrogens with zero attached hydrogens (tertiary/aromatic N) is 1. The topological polar surface area (TPSA) is 30.8 Å². The molecule has 80 valence electrons. The monoisotopic (exact) mass is 197 g/mol. The highest BCUT2D eigenvalue weighted by molar-refractivity contribution is 5.04. The normalized spacial score (nSPS) is 10.7. The third-order valence-electron chi connectivity index (χ3n) is 2.31. The minimum atomic E-state index is 0.831. The highest BCUT2D eigenvalue weighted by Crippen LogP contribution is 1.95. The van der Waals surface area contributed by atoms with Gasteiger partial charge in [-0.1, -0.05) is 0 Å². The lowest BCUT2D eigenvalue weighted by Gasteiger charge is -2.03. The zero-order valence-electron chi connectivity index (χ0n) is 9.20. The van der Waals surface area contributed by atoms with E-state index in [1.807, 2.05) is 6.92 Å². The summed E-state index contributed by atoms with van der Waals surface area (Å²) < 4.78 is 7.44. The van der Waals surface area contributed by atoms with Gasteiger partial charge in [-0.05, 0) is 19.1 Å². The Balaban J connectivity index is 2.02. The maximum absolute atomic E-state index is 5.27. The van der Waals surface area contributed by atoms with Gasteiger partial charge in [-0.15, -0.1) is 0 Å².